The van der Waals surface area contributed by atoms with Crippen molar-refractivity contribution in [3.8, 4) is 0 Å². The van der Waals surface area contributed by atoms with Gasteiger partial charge in [-0.25, -0.2) is 0 Å². The van der Waals surface area contributed by atoms with E-state index >= 15 is 0 Å². The van der Waals surface area contributed by atoms with E-state index in [2.05, 4.69) is 0 Å². The summed E-state index contributed by atoms with van der Waals surface area (Å²) in [6, 6.07) is 11.7. The van der Waals surface area contributed by atoms with Crippen LogP contribution in [0.5, 0.6) is 0 Å². The van der Waals surface area contributed by atoms with Crippen LogP contribution in [0.3, 0.4) is 0 Å². The molecule has 2 aromatic carbocycles. The van der Waals surface area contributed by atoms with E-state index < -0.39 is 29.3 Å². The molecule has 1 aliphatic carbocycles. The summed E-state index contributed by atoms with van der Waals surface area (Å²) in [5, 5.41) is 0. The summed E-state index contributed by atoms with van der Waals surface area (Å²) in [5.41, 5.74) is -1.70. The first-order chi connectivity index (χ1) is 15.5. The van der Waals surface area contributed by atoms with Gasteiger partial charge < -0.3 is 9.47 Å². The van der Waals surface area contributed by atoms with Gasteiger partial charge >= 0.3 is 12.4 Å². The molecule has 1 heterocycles. The molecule has 180 valence electrons. The SMILES string of the molecule is FC(F)(F)c1cc(CCCC2(c3ccccc3)CCCC3(C2)OCCO3)cc(C(F)(F)F)c1. The Labute approximate surface area is 188 Å². The van der Waals surface area contributed by atoms with Gasteiger partial charge in [-0.3, -0.25) is 0 Å². The zero-order valence-electron chi connectivity index (χ0n) is 18.1. The lowest BCUT2D eigenvalue weighted by atomic mass is 9.64. The van der Waals surface area contributed by atoms with Crippen LogP contribution in [0, 0.1) is 0 Å². The standard InChI is InChI=1S/C25H26F6O2/c26-24(27,28)20-14-18(15-21(16-20)25(29,30)31)6-4-9-22(19-7-2-1-3-8-19)10-5-11-23(17-22)32-12-13-33-23/h1-3,7-8,14-16H,4-6,9-13,17H2. The predicted octanol–water partition coefficient (Wildman–Crippen LogP) is 7.30. The molecule has 2 aromatic rings. The van der Waals surface area contributed by atoms with Crippen molar-refractivity contribution in [1.29, 1.82) is 0 Å². The minimum absolute atomic E-state index is 0.0410. The van der Waals surface area contributed by atoms with Gasteiger partial charge in [-0.05, 0) is 61.4 Å². The second-order valence-electron chi connectivity index (χ2n) is 9.05. The summed E-state index contributed by atoms with van der Waals surface area (Å²) in [5.74, 6) is -0.659. The molecule has 0 radical (unpaired) electrons. The molecular formula is C25H26F6O2. The first-order valence-corrected chi connectivity index (χ1v) is 11.1. The molecule has 1 spiro atoms. The first-order valence-electron chi connectivity index (χ1n) is 11.1. The number of hydrogen-bond acceptors (Lipinski definition) is 2. The molecular weight excluding hydrogens is 446 g/mol. The van der Waals surface area contributed by atoms with E-state index in [9.17, 15) is 26.3 Å². The molecule has 2 fully saturated rings. The van der Waals surface area contributed by atoms with Crippen molar-refractivity contribution < 1.29 is 35.8 Å². The largest absolute Gasteiger partial charge is 0.416 e. The Morgan fingerprint density at radius 1 is 0.788 bits per heavy atom. The third kappa shape index (κ3) is 5.38. The Morgan fingerprint density at radius 2 is 1.39 bits per heavy atom. The van der Waals surface area contributed by atoms with Crippen LogP contribution < -0.4 is 0 Å². The summed E-state index contributed by atoms with van der Waals surface area (Å²) in [6.07, 6.45) is -5.35. The lowest BCUT2D eigenvalue weighted by Gasteiger charge is -2.45. The maximum atomic E-state index is 13.2. The molecule has 2 nitrogen and oxygen atoms in total. The van der Waals surface area contributed by atoms with Gasteiger partial charge in [0, 0.05) is 18.3 Å². The lowest BCUT2D eigenvalue weighted by Crippen LogP contribution is -2.44. The Morgan fingerprint density at radius 3 is 1.97 bits per heavy atom. The molecule has 0 aromatic heterocycles. The highest BCUT2D eigenvalue weighted by Gasteiger charge is 2.49. The fourth-order valence-electron chi connectivity index (χ4n) is 5.32. The molecule has 0 N–H and O–H groups in total. The molecule has 1 unspecified atom stereocenters. The van der Waals surface area contributed by atoms with Crippen LogP contribution in [-0.4, -0.2) is 19.0 Å². The molecule has 1 atom stereocenters. The van der Waals surface area contributed by atoms with Crippen LogP contribution >= 0.6 is 0 Å². The summed E-state index contributed by atoms with van der Waals surface area (Å²) in [4.78, 5) is 0. The minimum atomic E-state index is -4.84. The zero-order valence-corrected chi connectivity index (χ0v) is 18.1. The molecule has 1 saturated carbocycles. The Balaban J connectivity index is 1.57. The van der Waals surface area contributed by atoms with Crippen molar-refractivity contribution in [2.75, 3.05) is 13.2 Å². The first kappa shape index (κ1) is 24.1. The Hall–Kier alpha value is -2.06. The Kier molecular flexibility index (Phi) is 6.53. The quantitative estimate of drug-likeness (QED) is 0.425. The van der Waals surface area contributed by atoms with E-state index in [1.54, 1.807) is 0 Å². The molecule has 1 saturated heterocycles. The average molecular weight is 472 g/mol. The highest BCUT2D eigenvalue weighted by atomic mass is 19.4. The summed E-state index contributed by atoms with van der Waals surface area (Å²) < 4.78 is 91.1. The van der Waals surface area contributed by atoms with Gasteiger partial charge in [-0.15, -0.1) is 0 Å². The van der Waals surface area contributed by atoms with Crippen LogP contribution in [-0.2, 0) is 33.7 Å². The van der Waals surface area contributed by atoms with Crippen molar-refractivity contribution in [2.45, 2.75) is 68.5 Å². The van der Waals surface area contributed by atoms with Gasteiger partial charge in [0.1, 0.15) is 0 Å². The number of halogens is 6. The Bertz CT molecular complexity index is 915. The normalized spacial score (nSPS) is 23.2. The minimum Gasteiger partial charge on any atom is -0.348 e. The molecule has 4 rings (SSSR count). The van der Waals surface area contributed by atoms with Gasteiger partial charge in [0.05, 0.1) is 24.3 Å². The topological polar surface area (TPSA) is 18.5 Å². The highest BCUT2D eigenvalue weighted by molar-refractivity contribution is 5.34. The van der Waals surface area contributed by atoms with Crippen molar-refractivity contribution in [1.82, 2.24) is 0 Å². The van der Waals surface area contributed by atoms with Crippen LogP contribution in [0.2, 0.25) is 0 Å². The van der Waals surface area contributed by atoms with Gasteiger partial charge in [-0.2, -0.15) is 26.3 Å². The number of benzene rings is 2. The number of hydrogen-bond donors (Lipinski definition) is 0. The van der Waals surface area contributed by atoms with Crippen LogP contribution in [0.15, 0.2) is 48.5 Å². The second-order valence-corrected chi connectivity index (χ2v) is 9.05. The third-order valence-electron chi connectivity index (χ3n) is 6.79. The maximum Gasteiger partial charge on any atom is 0.416 e. The molecule has 33 heavy (non-hydrogen) atoms. The van der Waals surface area contributed by atoms with Crippen LogP contribution in [0.1, 0.15) is 60.8 Å². The van der Waals surface area contributed by atoms with E-state index in [0.717, 1.165) is 37.0 Å². The molecule has 1 aliphatic heterocycles. The maximum absolute atomic E-state index is 13.2. The van der Waals surface area contributed by atoms with E-state index in [1.165, 1.54) is 0 Å². The summed E-state index contributed by atoms with van der Waals surface area (Å²) in [6.45, 7) is 1.05. The van der Waals surface area contributed by atoms with Crippen LogP contribution in [0.4, 0.5) is 26.3 Å². The van der Waals surface area contributed by atoms with E-state index in [-0.39, 0.29) is 23.5 Å². The van der Waals surface area contributed by atoms with Gasteiger partial charge in [0.25, 0.3) is 0 Å². The van der Waals surface area contributed by atoms with Crippen molar-refractivity contribution in [2.24, 2.45) is 0 Å². The van der Waals surface area contributed by atoms with E-state index in [4.69, 9.17) is 9.47 Å². The second kappa shape index (κ2) is 8.95. The van der Waals surface area contributed by atoms with Crippen molar-refractivity contribution in [3.05, 3.63) is 70.8 Å². The van der Waals surface area contributed by atoms with Gasteiger partial charge in [-0.1, -0.05) is 30.3 Å². The van der Waals surface area contributed by atoms with Gasteiger partial charge in [0.2, 0.25) is 0 Å². The number of rotatable bonds is 5. The van der Waals surface area contributed by atoms with E-state index in [1.807, 2.05) is 30.3 Å². The monoisotopic (exact) mass is 472 g/mol. The number of ether oxygens (including phenoxy) is 2. The summed E-state index contributed by atoms with van der Waals surface area (Å²) >= 11 is 0. The van der Waals surface area contributed by atoms with Gasteiger partial charge in [0.15, 0.2) is 5.79 Å². The highest BCUT2D eigenvalue weighted by Crippen LogP contribution is 2.50. The summed E-state index contributed by atoms with van der Waals surface area (Å²) in [7, 11) is 0. The van der Waals surface area contributed by atoms with E-state index in [0.29, 0.717) is 32.5 Å². The molecule has 8 heteroatoms. The fraction of sp³-hybridized carbons (Fsp3) is 0.520. The third-order valence-corrected chi connectivity index (χ3v) is 6.79. The van der Waals surface area contributed by atoms with Crippen molar-refractivity contribution >= 4 is 0 Å². The van der Waals surface area contributed by atoms with Crippen molar-refractivity contribution in [3.63, 3.8) is 0 Å². The molecule has 0 amide bonds. The molecule has 0 bridgehead atoms. The lowest BCUT2D eigenvalue weighted by molar-refractivity contribution is -0.192. The fourth-order valence-corrected chi connectivity index (χ4v) is 5.32. The molecule has 2 aliphatic rings. The number of alkyl halides is 6. The zero-order chi connectivity index (χ0) is 23.7. The van der Waals surface area contributed by atoms with Crippen LogP contribution in [0.25, 0.3) is 0 Å². The average Bonchev–Trinajstić information content (AvgIpc) is 3.20. The smallest absolute Gasteiger partial charge is 0.348 e. The predicted molar refractivity (Wildman–Crippen MR) is 111 cm³/mol. The number of aryl methyl sites for hydroxylation is 1.